The van der Waals surface area contributed by atoms with Gasteiger partial charge in [-0.2, -0.15) is 0 Å². The molecule has 5 rings (SSSR count). The lowest BCUT2D eigenvalue weighted by molar-refractivity contribution is -0.162. The molecular weight excluding hydrogens is 600 g/mol. The SMILES string of the molecule is CCOC(=O)[C@H]1CCC(O[Si](C)(C)C(C)(C)C)=C2C[C@H]3[C@H](O[Si](C(C)C)(C(C)C)C(C)C)[C@@H]([C@H]21)[C@@H]1C=C(Cl)[C@@H](C)[C@@H]3C12CC2. The van der Waals surface area contributed by atoms with E-state index in [9.17, 15) is 4.79 Å². The second-order valence-corrected chi connectivity index (χ2v) is 28.3. The molecule has 0 unspecified atom stereocenters. The first kappa shape index (κ1) is 34.8. The zero-order valence-corrected chi connectivity index (χ0v) is 32.9. The Kier molecular flexibility index (Phi) is 9.35. The number of halogens is 1. The van der Waals surface area contributed by atoms with Gasteiger partial charge in [0.15, 0.2) is 0 Å². The summed E-state index contributed by atoms with van der Waals surface area (Å²) in [5.74, 6) is 2.92. The van der Waals surface area contributed by atoms with Gasteiger partial charge in [0.1, 0.15) is 0 Å². The maximum Gasteiger partial charge on any atom is 0.309 e. The largest absolute Gasteiger partial charge is 0.547 e. The minimum atomic E-state index is -2.21. The number of hydrogen-bond acceptors (Lipinski definition) is 4. The number of carbonyl (C=O) groups excluding carboxylic acids is 1. The number of ether oxygens (including phenoxy) is 1. The van der Waals surface area contributed by atoms with Crippen LogP contribution in [-0.4, -0.2) is 35.3 Å². The number of carbonyl (C=O) groups is 1. The number of allylic oxidation sites excluding steroid dienone is 4. The Balaban J connectivity index is 1.73. The first-order valence-electron chi connectivity index (χ1n) is 18.0. The molecule has 0 aromatic heterocycles. The van der Waals surface area contributed by atoms with Crippen LogP contribution in [0.15, 0.2) is 22.4 Å². The Bertz CT molecular complexity index is 1150. The van der Waals surface area contributed by atoms with E-state index in [0.29, 0.717) is 52.3 Å². The van der Waals surface area contributed by atoms with E-state index in [4.69, 9.17) is 25.2 Å². The van der Waals surface area contributed by atoms with Crippen molar-refractivity contribution < 1.29 is 18.4 Å². The van der Waals surface area contributed by atoms with Crippen molar-refractivity contribution in [1.82, 2.24) is 0 Å². The molecule has 4 bridgehead atoms. The van der Waals surface area contributed by atoms with Crippen LogP contribution in [0.25, 0.3) is 0 Å². The third-order valence-electron chi connectivity index (χ3n) is 13.7. The van der Waals surface area contributed by atoms with Crippen LogP contribution < -0.4 is 0 Å². The van der Waals surface area contributed by atoms with E-state index >= 15 is 0 Å². The minimum Gasteiger partial charge on any atom is -0.547 e. The van der Waals surface area contributed by atoms with E-state index in [1.165, 1.54) is 24.2 Å². The molecule has 0 aromatic carbocycles. The molecule has 3 saturated carbocycles. The van der Waals surface area contributed by atoms with Gasteiger partial charge in [0.2, 0.25) is 16.6 Å². The van der Waals surface area contributed by atoms with Crippen molar-refractivity contribution in [1.29, 1.82) is 0 Å². The average molecular weight is 664 g/mol. The lowest BCUT2D eigenvalue weighted by atomic mass is 9.44. The van der Waals surface area contributed by atoms with Crippen LogP contribution >= 0.6 is 11.6 Å². The lowest BCUT2D eigenvalue weighted by Crippen LogP contribution is -2.65. The Morgan fingerprint density at radius 2 is 1.66 bits per heavy atom. The van der Waals surface area contributed by atoms with Crippen LogP contribution in [0.3, 0.4) is 0 Å². The van der Waals surface area contributed by atoms with E-state index in [0.717, 1.165) is 24.3 Å². The average Bonchev–Trinajstić information content (AvgIpc) is 3.68. The monoisotopic (exact) mass is 662 g/mol. The van der Waals surface area contributed by atoms with Crippen molar-refractivity contribution in [3.63, 3.8) is 0 Å². The normalized spacial score (nSPS) is 34.8. The van der Waals surface area contributed by atoms with Crippen molar-refractivity contribution in [2.45, 2.75) is 149 Å². The topological polar surface area (TPSA) is 44.8 Å². The van der Waals surface area contributed by atoms with Gasteiger partial charge in [-0.15, -0.1) is 0 Å². The van der Waals surface area contributed by atoms with Crippen molar-refractivity contribution in [2.24, 2.45) is 46.8 Å². The summed E-state index contributed by atoms with van der Waals surface area (Å²) in [6.45, 7) is 30.9. The second kappa shape index (κ2) is 11.8. The fourth-order valence-electron chi connectivity index (χ4n) is 10.8. The molecule has 5 aliphatic carbocycles. The van der Waals surface area contributed by atoms with Crippen molar-refractivity contribution >= 4 is 34.2 Å². The van der Waals surface area contributed by atoms with Crippen LogP contribution in [-0.2, 0) is 18.4 Å². The molecule has 0 aliphatic heterocycles. The highest BCUT2D eigenvalue weighted by Gasteiger charge is 2.71. The summed E-state index contributed by atoms with van der Waals surface area (Å²) in [6.07, 6.45) is 7.74. The van der Waals surface area contributed by atoms with Crippen LogP contribution in [0.1, 0.15) is 108 Å². The first-order valence-corrected chi connectivity index (χ1v) is 23.4. The lowest BCUT2D eigenvalue weighted by Gasteiger charge is -2.64. The van der Waals surface area contributed by atoms with Crippen molar-refractivity contribution in [3.8, 4) is 0 Å². The van der Waals surface area contributed by atoms with E-state index < -0.39 is 16.6 Å². The maximum absolute atomic E-state index is 13.9. The summed E-state index contributed by atoms with van der Waals surface area (Å²) in [4.78, 5) is 13.9. The van der Waals surface area contributed by atoms with Gasteiger partial charge >= 0.3 is 5.97 Å². The zero-order chi connectivity index (χ0) is 32.7. The molecule has 0 N–H and O–H groups in total. The van der Waals surface area contributed by atoms with E-state index in [1.807, 2.05) is 6.92 Å². The van der Waals surface area contributed by atoms with Crippen LogP contribution in [0.5, 0.6) is 0 Å². The third-order valence-corrected chi connectivity index (χ3v) is 24.6. The molecule has 3 fully saturated rings. The molecule has 0 amide bonds. The van der Waals surface area contributed by atoms with E-state index in [1.54, 1.807) is 0 Å². The molecule has 0 saturated heterocycles. The summed E-state index contributed by atoms with van der Waals surface area (Å²) in [5, 5.41) is 1.15. The van der Waals surface area contributed by atoms with Gasteiger partial charge in [0, 0.05) is 17.4 Å². The fourth-order valence-corrected chi connectivity index (χ4v) is 17.9. The van der Waals surface area contributed by atoms with Gasteiger partial charge in [0.25, 0.3) is 0 Å². The summed E-state index contributed by atoms with van der Waals surface area (Å²) < 4.78 is 21.1. The summed E-state index contributed by atoms with van der Waals surface area (Å²) in [7, 11) is -4.27. The number of hydrogen-bond donors (Lipinski definition) is 0. The predicted octanol–water partition coefficient (Wildman–Crippen LogP) is 10.8. The highest BCUT2D eigenvalue weighted by molar-refractivity contribution is 6.77. The van der Waals surface area contributed by atoms with Gasteiger partial charge in [-0.25, -0.2) is 0 Å². The van der Waals surface area contributed by atoms with Gasteiger partial charge in [-0.05, 0) is 108 Å². The Hall–Kier alpha value is -0.566. The molecule has 5 aliphatic rings. The van der Waals surface area contributed by atoms with Crippen molar-refractivity contribution in [3.05, 3.63) is 22.4 Å². The Labute approximate surface area is 276 Å². The van der Waals surface area contributed by atoms with Gasteiger partial charge in [0.05, 0.1) is 24.4 Å². The second-order valence-electron chi connectivity index (χ2n) is 17.7. The third kappa shape index (κ3) is 5.26. The smallest absolute Gasteiger partial charge is 0.309 e. The van der Waals surface area contributed by atoms with Crippen LogP contribution in [0.2, 0.25) is 34.8 Å². The van der Waals surface area contributed by atoms with E-state index in [2.05, 4.69) is 88.4 Å². The number of fused-ring (bicyclic) bond motifs is 6. The Morgan fingerprint density at radius 3 is 2.16 bits per heavy atom. The highest BCUT2D eigenvalue weighted by atomic mass is 35.5. The molecule has 0 aromatic rings. The van der Waals surface area contributed by atoms with Gasteiger partial charge in [-0.3, -0.25) is 4.79 Å². The van der Waals surface area contributed by atoms with E-state index in [-0.39, 0.29) is 34.9 Å². The number of esters is 1. The van der Waals surface area contributed by atoms with Gasteiger partial charge < -0.3 is 13.6 Å². The highest BCUT2D eigenvalue weighted by Crippen LogP contribution is 2.75. The zero-order valence-electron chi connectivity index (χ0n) is 30.2. The molecule has 0 radical (unpaired) electrons. The molecule has 44 heavy (non-hydrogen) atoms. The fraction of sp³-hybridized carbons (Fsp3) is 0.865. The molecule has 8 atom stereocenters. The summed E-state index contributed by atoms with van der Waals surface area (Å²) >= 11 is 7.16. The Morgan fingerprint density at radius 1 is 1.07 bits per heavy atom. The molecular formula is C37H63ClO4Si2. The van der Waals surface area contributed by atoms with Crippen LogP contribution in [0, 0.1) is 46.8 Å². The molecule has 7 heteroatoms. The predicted molar refractivity (Wildman–Crippen MR) is 187 cm³/mol. The standard InChI is InChI=1S/C37H63ClO4Si2/c1-14-40-35(39)25-15-16-30(41-43(12,13)36(9,10)11)26-19-27-33-24(8)29(38)20-28(37(33)17-18-37)32(31(25)26)34(27)42-44(21(2)3,22(4)5)23(6)7/h20-25,27-28,31-34H,14-19H2,1-13H3/t24-,25+,27-,28+,31+,32-,33+,34+/m1/s1. The first-order chi connectivity index (χ1) is 20.4. The van der Waals surface area contributed by atoms with Crippen molar-refractivity contribution in [2.75, 3.05) is 6.61 Å². The van der Waals surface area contributed by atoms with Crippen LogP contribution in [0.4, 0.5) is 0 Å². The molecule has 4 nitrogen and oxygen atoms in total. The summed E-state index contributed by atoms with van der Waals surface area (Å²) in [6, 6.07) is 0. The molecule has 0 heterocycles. The summed E-state index contributed by atoms with van der Waals surface area (Å²) in [5.41, 5.74) is 3.26. The van der Waals surface area contributed by atoms with Gasteiger partial charge in [-0.1, -0.05) is 86.9 Å². The molecule has 250 valence electrons. The quantitative estimate of drug-likeness (QED) is 0.182. The maximum atomic E-state index is 13.9. The molecule has 1 spiro atoms. The number of rotatable bonds is 9. The minimum absolute atomic E-state index is 0.0233.